The molecule has 1 aliphatic heterocycles. The molecule has 0 spiro atoms. The lowest BCUT2D eigenvalue weighted by molar-refractivity contribution is -0.914. The van der Waals surface area contributed by atoms with Gasteiger partial charge in [0.05, 0.1) is 37.6 Å². The Balaban J connectivity index is 1.96. The van der Waals surface area contributed by atoms with Crippen molar-refractivity contribution in [2.45, 2.75) is 39.5 Å². The molecule has 2 aromatic heterocycles. The molecule has 26 heavy (non-hydrogen) atoms. The van der Waals surface area contributed by atoms with Crippen LogP contribution in [0.15, 0.2) is 22.8 Å². The molecule has 5 N–H and O–H groups in total. The number of H-pyrrole nitrogens is 1. The SMILES string of the molecule is CC[NH+]1CCc2c(C#N)c(NC[C@@H](C)O)[nH+]c(NCc3ccco3)c2C1. The van der Waals surface area contributed by atoms with Gasteiger partial charge in [-0.05, 0) is 31.5 Å². The van der Waals surface area contributed by atoms with Crippen molar-refractivity contribution in [3.8, 4) is 6.07 Å². The fourth-order valence-electron chi connectivity index (χ4n) is 3.37. The Morgan fingerprint density at radius 1 is 1.38 bits per heavy atom. The van der Waals surface area contributed by atoms with Crippen LogP contribution in [0.5, 0.6) is 0 Å². The zero-order valence-electron chi connectivity index (χ0n) is 15.4. The van der Waals surface area contributed by atoms with Crippen LogP contribution in [-0.4, -0.2) is 30.8 Å². The second kappa shape index (κ2) is 8.21. The van der Waals surface area contributed by atoms with Crippen LogP contribution < -0.4 is 20.5 Å². The number of furan rings is 1. The van der Waals surface area contributed by atoms with Crippen molar-refractivity contribution in [2.24, 2.45) is 0 Å². The molecule has 0 saturated carbocycles. The van der Waals surface area contributed by atoms with Gasteiger partial charge in [0.1, 0.15) is 30.5 Å². The lowest BCUT2D eigenvalue weighted by Crippen LogP contribution is -3.11. The summed E-state index contributed by atoms with van der Waals surface area (Å²) in [7, 11) is 0. The standard InChI is InChI=1S/C19H25N5O2/c1-3-24-7-6-15-16(9-20)18(21-10-13(2)25)23-19(17(15)12-24)22-11-14-5-4-8-26-14/h4-5,8,13,25H,3,6-7,10-12H2,1-2H3,(H2,21,22,23)/p+2/t13-/m1/s1. The minimum atomic E-state index is -0.495. The quantitative estimate of drug-likeness (QED) is 0.572. The molecular formula is C19H27N5O2+2. The van der Waals surface area contributed by atoms with E-state index in [2.05, 4.69) is 28.6 Å². The Hall–Kier alpha value is -2.56. The maximum atomic E-state index is 9.72. The first-order valence-corrected chi connectivity index (χ1v) is 9.15. The monoisotopic (exact) mass is 357 g/mol. The zero-order valence-corrected chi connectivity index (χ0v) is 15.4. The van der Waals surface area contributed by atoms with Gasteiger partial charge in [0.25, 0.3) is 0 Å². The highest BCUT2D eigenvalue weighted by Gasteiger charge is 2.30. The van der Waals surface area contributed by atoms with Crippen molar-refractivity contribution in [2.75, 3.05) is 30.3 Å². The highest BCUT2D eigenvalue weighted by molar-refractivity contribution is 5.60. The molecule has 2 aromatic rings. The zero-order chi connectivity index (χ0) is 18.5. The third kappa shape index (κ3) is 3.98. The number of aliphatic hydroxyl groups is 1. The van der Waals surface area contributed by atoms with Gasteiger partial charge in [-0.15, -0.1) is 0 Å². The number of aromatic nitrogens is 1. The van der Waals surface area contributed by atoms with E-state index in [0.29, 0.717) is 24.5 Å². The molecule has 1 aliphatic rings. The Morgan fingerprint density at radius 2 is 2.23 bits per heavy atom. The Morgan fingerprint density at radius 3 is 2.88 bits per heavy atom. The van der Waals surface area contributed by atoms with Crippen LogP contribution >= 0.6 is 0 Å². The number of likely N-dealkylation sites (N-methyl/N-ethyl adjacent to an activating group) is 1. The molecule has 0 bridgehead atoms. The number of nitrogens with zero attached hydrogens (tertiary/aromatic N) is 1. The molecule has 7 heteroatoms. The summed E-state index contributed by atoms with van der Waals surface area (Å²) in [5, 5.41) is 25.9. The van der Waals surface area contributed by atoms with E-state index in [1.54, 1.807) is 13.2 Å². The van der Waals surface area contributed by atoms with Crippen molar-refractivity contribution < 1.29 is 19.4 Å². The number of nitriles is 1. The van der Waals surface area contributed by atoms with E-state index in [1.807, 2.05) is 12.1 Å². The fourth-order valence-corrected chi connectivity index (χ4v) is 3.37. The van der Waals surface area contributed by atoms with Crippen LogP contribution in [0.4, 0.5) is 11.6 Å². The van der Waals surface area contributed by atoms with E-state index in [4.69, 9.17) is 4.42 Å². The lowest BCUT2D eigenvalue weighted by Gasteiger charge is -2.26. The molecule has 0 amide bonds. The summed E-state index contributed by atoms with van der Waals surface area (Å²) >= 11 is 0. The Labute approximate surface area is 153 Å². The number of fused-ring (bicyclic) bond motifs is 1. The van der Waals surface area contributed by atoms with Crippen LogP contribution in [0.2, 0.25) is 0 Å². The summed E-state index contributed by atoms with van der Waals surface area (Å²) in [6, 6.07) is 6.14. The summed E-state index contributed by atoms with van der Waals surface area (Å²) < 4.78 is 5.41. The largest absolute Gasteiger partial charge is 0.466 e. The summed E-state index contributed by atoms with van der Waals surface area (Å²) in [5.41, 5.74) is 2.91. The minimum Gasteiger partial charge on any atom is -0.466 e. The second-order valence-electron chi connectivity index (χ2n) is 6.76. The number of pyridine rings is 1. The van der Waals surface area contributed by atoms with Gasteiger partial charge in [0.15, 0.2) is 0 Å². The van der Waals surface area contributed by atoms with E-state index >= 15 is 0 Å². The number of rotatable bonds is 7. The lowest BCUT2D eigenvalue weighted by atomic mass is 9.95. The van der Waals surface area contributed by atoms with Crippen LogP contribution in [0.3, 0.4) is 0 Å². The number of hydrogen-bond acceptors (Lipinski definition) is 5. The maximum Gasteiger partial charge on any atom is 0.237 e. The van der Waals surface area contributed by atoms with Crippen LogP contribution in [-0.2, 0) is 19.5 Å². The Bertz CT molecular complexity index is 780. The van der Waals surface area contributed by atoms with Crippen molar-refractivity contribution in [1.29, 1.82) is 5.26 Å². The highest BCUT2D eigenvalue weighted by Crippen LogP contribution is 2.26. The predicted octanol–water partition coefficient (Wildman–Crippen LogP) is 0.331. The number of nitrogens with one attached hydrogen (secondary N) is 4. The molecule has 0 saturated heterocycles. The van der Waals surface area contributed by atoms with Gasteiger partial charge in [-0.25, -0.2) is 4.98 Å². The van der Waals surface area contributed by atoms with Gasteiger partial charge in [0, 0.05) is 6.42 Å². The van der Waals surface area contributed by atoms with E-state index in [9.17, 15) is 10.4 Å². The Kier molecular flexibility index (Phi) is 5.76. The van der Waals surface area contributed by atoms with Crippen LogP contribution in [0.1, 0.15) is 36.3 Å². The van der Waals surface area contributed by atoms with Gasteiger partial charge < -0.3 is 19.7 Å². The number of aromatic amines is 1. The van der Waals surface area contributed by atoms with E-state index in [0.717, 1.165) is 43.2 Å². The van der Waals surface area contributed by atoms with Gasteiger partial charge in [-0.2, -0.15) is 5.26 Å². The third-order valence-electron chi connectivity index (χ3n) is 4.83. The third-order valence-corrected chi connectivity index (χ3v) is 4.83. The molecule has 3 heterocycles. The van der Waals surface area contributed by atoms with E-state index in [-0.39, 0.29) is 0 Å². The number of hydrogen-bond donors (Lipinski definition) is 4. The average Bonchev–Trinajstić information content (AvgIpc) is 3.17. The normalized spacial score (nSPS) is 17.2. The first kappa shape index (κ1) is 18.2. The molecule has 0 aromatic carbocycles. The van der Waals surface area contributed by atoms with E-state index in [1.165, 1.54) is 10.5 Å². The molecule has 3 rings (SSSR count). The van der Waals surface area contributed by atoms with Crippen molar-refractivity contribution in [1.82, 2.24) is 0 Å². The summed E-state index contributed by atoms with van der Waals surface area (Å²) in [5.74, 6) is 2.42. The molecule has 0 radical (unpaired) electrons. The summed E-state index contributed by atoms with van der Waals surface area (Å²) in [6.45, 7) is 7.82. The number of anilines is 2. The molecule has 138 valence electrons. The predicted molar refractivity (Wildman–Crippen MR) is 97.7 cm³/mol. The topological polar surface area (TPSA) is 99.8 Å². The number of aliphatic hydroxyl groups excluding tert-OH is 1. The van der Waals surface area contributed by atoms with Gasteiger partial charge in [0.2, 0.25) is 11.6 Å². The first-order chi connectivity index (χ1) is 12.6. The first-order valence-electron chi connectivity index (χ1n) is 9.15. The smallest absolute Gasteiger partial charge is 0.237 e. The molecular weight excluding hydrogens is 330 g/mol. The van der Waals surface area contributed by atoms with Gasteiger partial charge in [-0.1, -0.05) is 0 Å². The van der Waals surface area contributed by atoms with Gasteiger partial charge in [-0.3, -0.25) is 5.32 Å². The van der Waals surface area contributed by atoms with Crippen molar-refractivity contribution >= 4 is 11.6 Å². The second-order valence-corrected chi connectivity index (χ2v) is 6.76. The van der Waals surface area contributed by atoms with Crippen LogP contribution in [0.25, 0.3) is 0 Å². The molecule has 7 nitrogen and oxygen atoms in total. The molecule has 2 atom stereocenters. The van der Waals surface area contributed by atoms with Crippen molar-refractivity contribution in [3.05, 3.63) is 40.8 Å². The van der Waals surface area contributed by atoms with Gasteiger partial charge >= 0.3 is 0 Å². The summed E-state index contributed by atoms with van der Waals surface area (Å²) in [6.07, 6.45) is 2.04. The minimum absolute atomic E-state index is 0.383. The summed E-state index contributed by atoms with van der Waals surface area (Å²) in [4.78, 5) is 4.84. The van der Waals surface area contributed by atoms with Crippen molar-refractivity contribution in [3.63, 3.8) is 0 Å². The molecule has 0 aliphatic carbocycles. The maximum absolute atomic E-state index is 9.72. The molecule has 0 fully saturated rings. The fraction of sp³-hybridized carbons (Fsp3) is 0.474. The highest BCUT2D eigenvalue weighted by atomic mass is 16.3. The molecule has 1 unspecified atom stereocenters. The number of quaternary nitrogens is 1. The van der Waals surface area contributed by atoms with Crippen LogP contribution in [0, 0.1) is 11.3 Å². The average molecular weight is 357 g/mol. The van der Waals surface area contributed by atoms with E-state index < -0.39 is 6.10 Å².